The van der Waals surface area contributed by atoms with Crippen LogP contribution < -0.4 is 10.6 Å². The highest BCUT2D eigenvalue weighted by Crippen LogP contribution is 2.37. The molecule has 0 unspecified atom stereocenters. The number of hydrogen-bond acceptors (Lipinski definition) is 6. The summed E-state index contributed by atoms with van der Waals surface area (Å²) in [6, 6.07) is 4.40. The van der Waals surface area contributed by atoms with Gasteiger partial charge in [-0.25, -0.2) is 23.1 Å². The number of halogens is 2. The van der Waals surface area contributed by atoms with E-state index in [0.717, 1.165) is 28.8 Å². The summed E-state index contributed by atoms with van der Waals surface area (Å²) in [5.41, 5.74) is -4.48. The van der Waals surface area contributed by atoms with E-state index in [2.05, 4.69) is 21.5 Å². The molecule has 0 saturated carbocycles. The lowest BCUT2D eigenvalue weighted by Gasteiger charge is -2.45. The second kappa shape index (κ2) is 11.7. The number of anilines is 1. The zero-order valence-corrected chi connectivity index (χ0v) is 24.7. The van der Waals surface area contributed by atoms with E-state index in [1.54, 1.807) is 37.5 Å². The number of amides is 1. The van der Waals surface area contributed by atoms with Crippen molar-refractivity contribution in [3.05, 3.63) is 94.7 Å². The van der Waals surface area contributed by atoms with Gasteiger partial charge in [0.25, 0.3) is 0 Å². The van der Waals surface area contributed by atoms with Crippen molar-refractivity contribution in [2.75, 3.05) is 18.0 Å². The number of nitrogens with zero attached hydrogens (tertiary/aromatic N) is 6. The lowest BCUT2D eigenvalue weighted by molar-refractivity contribution is -0.127. The van der Waals surface area contributed by atoms with Gasteiger partial charge < -0.3 is 9.80 Å². The number of carbonyl (C=O) groups is 1. The minimum atomic E-state index is -3.09. The maximum absolute atomic E-state index is 16.6. The number of aromatic nitrogens is 4. The molecular weight excluding hydrogens is 562 g/mol. The Labute approximate surface area is 266 Å². The molecule has 1 aliphatic heterocycles. The number of pyridine rings is 2. The molecule has 0 N–H and O–H groups in total. The molecule has 2 atom stereocenters. The highest BCUT2D eigenvalue weighted by Gasteiger charge is 2.35. The van der Waals surface area contributed by atoms with E-state index in [-0.39, 0.29) is 52.8 Å². The average molecular weight is 607 g/mol. The van der Waals surface area contributed by atoms with E-state index in [4.69, 9.17) is 11.0 Å². The molecule has 1 fully saturated rings. The molecule has 44 heavy (non-hydrogen) atoms. The molecule has 0 spiro atoms. The number of carbonyl (C=O) groups excluding carboxylic acids is 1. The fourth-order valence-electron chi connectivity index (χ4n) is 5.83. The molecule has 0 bridgehead atoms. The van der Waals surface area contributed by atoms with Crippen LogP contribution in [0.4, 0.5) is 14.6 Å². The summed E-state index contributed by atoms with van der Waals surface area (Å²) in [7, 11) is 0. The Morgan fingerprint density at radius 3 is 2.55 bits per heavy atom. The Morgan fingerprint density at radius 1 is 1.16 bits per heavy atom. The Hall–Kier alpha value is -4.73. The first kappa shape index (κ1) is 21.9. The van der Waals surface area contributed by atoms with Crippen molar-refractivity contribution in [2.45, 2.75) is 59.4 Å². The van der Waals surface area contributed by atoms with E-state index in [1.807, 2.05) is 0 Å². The van der Waals surface area contributed by atoms with Gasteiger partial charge >= 0.3 is 5.69 Å². The lowest BCUT2D eigenvalue weighted by atomic mass is 9.97. The molecule has 10 heteroatoms. The number of hydrogen-bond donors (Lipinski definition) is 0. The summed E-state index contributed by atoms with van der Waals surface area (Å²) >= 11 is 0. The zero-order valence-electron chi connectivity index (χ0n) is 32.7. The maximum atomic E-state index is 16.6. The lowest BCUT2D eigenvalue weighted by Crippen LogP contribution is -2.58. The predicted octanol–water partition coefficient (Wildman–Crippen LogP) is 6.20. The van der Waals surface area contributed by atoms with E-state index < -0.39 is 78.0 Å². The minimum Gasteiger partial charge on any atom is -0.347 e. The van der Waals surface area contributed by atoms with Gasteiger partial charge in [0.15, 0.2) is 11.5 Å². The van der Waals surface area contributed by atoms with Crippen LogP contribution in [-0.2, 0) is 4.79 Å². The molecule has 3 aromatic heterocycles. The predicted molar refractivity (Wildman–Crippen MR) is 170 cm³/mol. The van der Waals surface area contributed by atoms with Gasteiger partial charge in [-0.15, -0.1) is 0 Å². The molecule has 8 nitrogen and oxygen atoms in total. The minimum absolute atomic E-state index is 0.0400. The summed E-state index contributed by atoms with van der Waals surface area (Å²) in [5, 5.41) is -0.0794. The molecule has 0 aliphatic carbocycles. The van der Waals surface area contributed by atoms with Crippen molar-refractivity contribution in [3.63, 3.8) is 0 Å². The summed E-state index contributed by atoms with van der Waals surface area (Å²) < 4.78 is 98.0. The number of aryl methyl sites for hydroxylation is 1. The fourth-order valence-corrected chi connectivity index (χ4v) is 5.83. The molecule has 4 heterocycles. The molecule has 0 radical (unpaired) electrons. The second-order valence-corrected chi connectivity index (χ2v) is 11.1. The Kier molecular flexibility index (Phi) is 5.84. The third kappa shape index (κ3) is 5.18. The first-order valence-corrected chi connectivity index (χ1v) is 14.0. The number of fused-ring (bicyclic) bond motifs is 1. The van der Waals surface area contributed by atoms with Gasteiger partial charge in [0, 0.05) is 45.2 Å². The van der Waals surface area contributed by atoms with Crippen LogP contribution in [0.5, 0.6) is 0 Å². The van der Waals surface area contributed by atoms with Crippen LogP contribution in [0.1, 0.15) is 68.3 Å². The normalized spacial score (nSPS) is 20.1. The van der Waals surface area contributed by atoms with Crippen molar-refractivity contribution in [1.82, 2.24) is 24.4 Å². The van der Waals surface area contributed by atoms with Crippen LogP contribution in [0.2, 0.25) is 0 Å². The van der Waals surface area contributed by atoms with Crippen molar-refractivity contribution in [2.24, 2.45) is 0 Å². The number of benzene rings is 1. The van der Waals surface area contributed by atoms with Crippen molar-refractivity contribution >= 4 is 28.3 Å². The Morgan fingerprint density at radius 2 is 1.91 bits per heavy atom. The Balaban J connectivity index is 1.96. The summed E-state index contributed by atoms with van der Waals surface area (Å²) in [5.74, 6) is -3.10. The second-order valence-electron chi connectivity index (χ2n) is 11.1. The van der Waals surface area contributed by atoms with Gasteiger partial charge in [-0.1, -0.05) is 44.7 Å². The summed E-state index contributed by atoms with van der Waals surface area (Å²) in [6.45, 7) is 3.87. The summed E-state index contributed by atoms with van der Waals surface area (Å²) in [6.07, 6.45) is 2.47. The topological polar surface area (TPSA) is 84.2 Å². The largest absolute Gasteiger partial charge is 0.355 e. The molecule has 5 rings (SSSR count). The monoisotopic (exact) mass is 606 g/mol. The molecule has 1 saturated heterocycles. The quantitative estimate of drug-likeness (QED) is 0.243. The van der Waals surface area contributed by atoms with Crippen LogP contribution in [0.15, 0.2) is 60.5 Å². The van der Waals surface area contributed by atoms with E-state index in [1.165, 1.54) is 18.3 Å². The average Bonchev–Trinajstić information content (AvgIpc) is 3.03. The first-order valence-electron chi connectivity index (χ1n) is 18.0. The van der Waals surface area contributed by atoms with E-state index in [9.17, 15) is 9.59 Å². The van der Waals surface area contributed by atoms with Crippen molar-refractivity contribution in [1.29, 1.82) is 0 Å². The van der Waals surface area contributed by atoms with Gasteiger partial charge in [-0.05, 0) is 68.9 Å². The molecule has 1 aliphatic rings. The summed E-state index contributed by atoms with van der Waals surface area (Å²) in [4.78, 5) is 43.4. The SMILES string of the molecule is [2H]C([2H])=C(c1cccc(F)c1-c1nc2c(cc1F)c(N1[C@@H](C)CN(C(=O)C=C)C[C@@H]1C)nc(=O)n2-c1c(C([2H])([2H])[2H])ccnc1C(C)C)C([2H])([2H])[2H]. The number of allylic oxidation sites excluding steroid dienone is 1. The molecule has 1 aromatic carbocycles. The number of piperazine rings is 1. The standard InChI is InChI=1S/C34H36F2N6O2/c1-9-27(43)40-16-21(7)41(22(8)17-40)33-24-15-26(36)30(28-23(18(2)3)11-10-12-25(28)35)38-32(24)42(34(44)39-33)31-20(6)13-14-37-29(31)19(4)5/h9-15,19,21-22H,1-2,16-17H2,3-8H3/t21-,22-/m0/s1/i2D2,3D3,6D3. The maximum Gasteiger partial charge on any atom is 0.355 e. The van der Waals surface area contributed by atoms with Crippen LogP contribution in [0.3, 0.4) is 0 Å². The zero-order chi connectivity index (χ0) is 38.6. The molecular formula is C34H36F2N6O2. The van der Waals surface area contributed by atoms with Crippen LogP contribution in [0.25, 0.3) is 33.6 Å². The van der Waals surface area contributed by atoms with Crippen molar-refractivity contribution < 1.29 is 24.5 Å². The number of rotatable bonds is 6. The van der Waals surface area contributed by atoms with Gasteiger partial charge in [-0.3, -0.25) is 9.78 Å². The van der Waals surface area contributed by atoms with Crippen LogP contribution in [0, 0.1) is 18.5 Å². The van der Waals surface area contributed by atoms with Crippen LogP contribution >= 0.6 is 0 Å². The van der Waals surface area contributed by atoms with Gasteiger partial charge in [-0.2, -0.15) is 4.98 Å². The van der Waals surface area contributed by atoms with Gasteiger partial charge in [0.05, 0.1) is 19.5 Å². The third-order valence-corrected chi connectivity index (χ3v) is 7.69. The molecule has 1 amide bonds. The van der Waals surface area contributed by atoms with E-state index >= 15 is 8.78 Å². The van der Waals surface area contributed by atoms with Crippen LogP contribution in [-0.4, -0.2) is 55.5 Å². The highest BCUT2D eigenvalue weighted by atomic mass is 19.1. The molecule has 4 aromatic rings. The van der Waals surface area contributed by atoms with Crippen molar-refractivity contribution in [3.8, 4) is 16.9 Å². The highest BCUT2D eigenvalue weighted by molar-refractivity contribution is 5.92. The smallest absolute Gasteiger partial charge is 0.347 e. The fraction of sp³-hybridized carbons (Fsp3) is 0.324. The van der Waals surface area contributed by atoms with E-state index in [0.29, 0.717) is 0 Å². The molecule has 228 valence electrons. The van der Waals surface area contributed by atoms with Gasteiger partial charge in [0.1, 0.15) is 17.3 Å². The Bertz CT molecular complexity index is 2170. The van der Waals surface area contributed by atoms with Gasteiger partial charge in [0.2, 0.25) is 5.91 Å². The third-order valence-electron chi connectivity index (χ3n) is 7.69. The first-order chi connectivity index (χ1) is 24.2.